The predicted molar refractivity (Wildman–Crippen MR) is 76.9 cm³/mol. The van der Waals surface area contributed by atoms with E-state index in [0.29, 0.717) is 12.5 Å². The molecule has 20 heavy (non-hydrogen) atoms. The third-order valence-electron chi connectivity index (χ3n) is 3.47. The molecule has 3 rings (SSSR count). The molecule has 1 amide bonds. The summed E-state index contributed by atoms with van der Waals surface area (Å²) in [5.41, 5.74) is 3.34. The average molecular weight is 271 g/mol. The van der Waals surface area contributed by atoms with E-state index < -0.39 is 0 Å². The molecule has 0 saturated carbocycles. The Labute approximate surface area is 117 Å². The quantitative estimate of drug-likeness (QED) is 0.762. The second-order valence-corrected chi connectivity index (χ2v) is 5.15. The molecule has 6 nitrogen and oxygen atoms in total. The molecule has 104 valence electrons. The summed E-state index contributed by atoms with van der Waals surface area (Å²) < 4.78 is 0. The second-order valence-electron chi connectivity index (χ2n) is 5.15. The van der Waals surface area contributed by atoms with E-state index in [4.69, 9.17) is 0 Å². The highest BCUT2D eigenvalue weighted by molar-refractivity contribution is 5.73. The van der Waals surface area contributed by atoms with Crippen molar-refractivity contribution in [3.63, 3.8) is 0 Å². The molecule has 2 heterocycles. The number of hydrogen-bond acceptors (Lipinski definition) is 5. The molecule has 3 N–H and O–H groups in total. The molecule has 1 aliphatic carbocycles. The van der Waals surface area contributed by atoms with Crippen LogP contribution in [0.25, 0.3) is 0 Å². The minimum Gasteiger partial charge on any atom is -0.353 e. The lowest BCUT2D eigenvalue weighted by atomic mass is 9.90. The summed E-state index contributed by atoms with van der Waals surface area (Å²) >= 11 is 0. The van der Waals surface area contributed by atoms with Crippen LogP contribution in [-0.4, -0.2) is 22.4 Å². The van der Waals surface area contributed by atoms with Gasteiger partial charge in [-0.25, -0.2) is 9.97 Å². The van der Waals surface area contributed by atoms with Gasteiger partial charge in [-0.3, -0.25) is 4.79 Å². The van der Waals surface area contributed by atoms with Gasteiger partial charge in [0.05, 0.1) is 5.70 Å². The average Bonchev–Trinajstić information content (AvgIpc) is 2.43. The van der Waals surface area contributed by atoms with Gasteiger partial charge in [0.15, 0.2) is 11.6 Å². The fraction of sp³-hybridized carbons (Fsp3) is 0.357. The maximum absolute atomic E-state index is 11.0. The van der Waals surface area contributed by atoms with Crippen LogP contribution < -0.4 is 16.0 Å². The molecule has 2 aliphatic rings. The maximum Gasteiger partial charge on any atom is 0.217 e. The highest BCUT2D eigenvalue weighted by atomic mass is 16.1. The second kappa shape index (κ2) is 4.96. The Morgan fingerprint density at radius 1 is 1.35 bits per heavy atom. The van der Waals surface area contributed by atoms with E-state index in [1.165, 1.54) is 12.5 Å². The Balaban J connectivity index is 1.85. The van der Waals surface area contributed by atoms with E-state index in [9.17, 15) is 4.79 Å². The normalized spacial score (nSPS) is 20.1. The lowest BCUT2D eigenvalue weighted by molar-refractivity contribution is -0.118. The van der Waals surface area contributed by atoms with E-state index in [0.717, 1.165) is 29.5 Å². The van der Waals surface area contributed by atoms with Gasteiger partial charge in [0.1, 0.15) is 0 Å². The van der Waals surface area contributed by atoms with Gasteiger partial charge in [0.25, 0.3) is 0 Å². The van der Waals surface area contributed by atoms with Gasteiger partial charge in [-0.05, 0) is 18.1 Å². The van der Waals surface area contributed by atoms with Gasteiger partial charge in [0.2, 0.25) is 5.91 Å². The predicted octanol–water partition coefficient (Wildman–Crippen LogP) is 1.63. The summed E-state index contributed by atoms with van der Waals surface area (Å²) in [7, 11) is 0. The molecule has 1 aromatic rings. The number of anilines is 2. The van der Waals surface area contributed by atoms with Crippen molar-refractivity contribution in [3.05, 3.63) is 35.4 Å². The molecule has 1 aliphatic heterocycles. The zero-order valence-electron chi connectivity index (χ0n) is 11.5. The highest BCUT2D eigenvalue weighted by Crippen LogP contribution is 2.35. The minimum absolute atomic E-state index is 0.00993. The first-order valence-electron chi connectivity index (χ1n) is 6.66. The van der Waals surface area contributed by atoms with E-state index in [2.05, 4.69) is 38.9 Å². The Kier molecular flexibility index (Phi) is 3.14. The standard InChI is InChI=1S/C14H17N5O/c1-8-5-10(7-17-9(2)20)6-11-12(8)19-14-13(18-11)15-3-4-16-14/h3-4,6,8H,5,7H2,1-2H3,(H,15,18)(H,16,19)(H,17,20). The molecular weight excluding hydrogens is 254 g/mol. The van der Waals surface area contributed by atoms with Gasteiger partial charge in [-0.15, -0.1) is 0 Å². The van der Waals surface area contributed by atoms with E-state index >= 15 is 0 Å². The molecule has 1 aromatic heterocycles. The van der Waals surface area contributed by atoms with Gasteiger partial charge in [0, 0.05) is 37.5 Å². The highest BCUT2D eigenvalue weighted by Gasteiger charge is 2.26. The smallest absolute Gasteiger partial charge is 0.217 e. The molecule has 1 unspecified atom stereocenters. The van der Waals surface area contributed by atoms with Crippen LogP contribution in [0.1, 0.15) is 20.3 Å². The number of amides is 1. The van der Waals surface area contributed by atoms with Crippen molar-refractivity contribution >= 4 is 17.5 Å². The van der Waals surface area contributed by atoms with E-state index in [1.807, 2.05) is 0 Å². The number of aromatic nitrogens is 2. The summed E-state index contributed by atoms with van der Waals surface area (Å²) in [5.74, 6) is 1.83. The SMILES string of the molecule is CC(=O)NCC1=CC2=C(Nc3nccnc3N2)C(C)C1. The van der Waals surface area contributed by atoms with E-state index in [-0.39, 0.29) is 5.91 Å². The van der Waals surface area contributed by atoms with Crippen molar-refractivity contribution in [3.8, 4) is 0 Å². The van der Waals surface area contributed by atoms with Crippen molar-refractivity contribution < 1.29 is 4.79 Å². The lowest BCUT2D eigenvalue weighted by Crippen LogP contribution is -2.29. The summed E-state index contributed by atoms with van der Waals surface area (Å²) in [6, 6.07) is 0. The van der Waals surface area contributed by atoms with Crippen molar-refractivity contribution in [1.29, 1.82) is 0 Å². The Morgan fingerprint density at radius 2 is 2.05 bits per heavy atom. The van der Waals surface area contributed by atoms with Crippen LogP contribution in [0.15, 0.2) is 35.4 Å². The van der Waals surface area contributed by atoms with Gasteiger partial charge in [-0.2, -0.15) is 0 Å². The summed E-state index contributed by atoms with van der Waals surface area (Å²) in [4.78, 5) is 19.6. The first kappa shape index (κ1) is 12.7. The number of rotatable bonds is 2. The van der Waals surface area contributed by atoms with Crippen molar-refractivity contribution in [2.45, 2.75) is 20.3 Å². The first-order chi connectivity index (χ1) is 9.63. The monoisotopic (exact) mass is 271 g/mol. The van der Waals surface area contributed by atoms with Crippen LogP contribution in [0.3, 0.4) is 0 Å². The number of nitrogens with one attached hydrogen (secondary N) is 3. The third-order valence-corrected chi connectivity index (χ3v) is 3.47. The molecule has 0 radical (unpaired) electrons. The minimum atomic E-state index is -0.00993. The molecule has 0 bridgehead atoms. The largest absolute Gasteiger partial charge is 0.353 e. The molecule has 0 aromatic carbocycles. The first-order valence-corrected chi connectivity index (χ1v) is 6.66. The molecular formula is C14H17N5O. The van der Waals surface area contributed by atoms with Crippen molar-refractivity contribution in [2.24, 2.45) is 5.92 Å². The fourth-order valence-electron chi connectivity index (χ4n) is 2.53. The number of nitrogens with zero attached hydrogens (tertiary/aromatic N) is 2. The zero-order valence-corrected chi connectivity index (χ0v) is 11.5. The number of fused-ring (bicyclic) bond motifs is 1. The summed E-state index contributed by atoms with van der Waals surface area (Å²) in [6.07, 6.45) is 6.33. The third kappa shape index (κ3) is 2.36. The lowest BCUT2D eigenvalue weighted by Gasteiger charge is -2.31. The van der Waals surface area contributed by atoms with Gasteiger partial charge < -0.3 is 16.0 Å². The summed E-state index contributed by atoms with van der Waals surface area (Å²) in [5, 5.41) is 9.49. The van der Waals surface area contributed by atoms with Crippen LogP contribution in [-0.2, 0) is 4.79 Å². The van der Waals surface area contributed by atoms with Crippen LogP contribution in [0.5, 0.6) is 0 Å². The van der Waals surface area contributed by atoms with Crippen LogP contribution in [0, 0.1) is 5.92 Å². The summed E-state index contributed by atoms with van der Waals surface area (Å²) in [6.45, 7) is 4.28. The topological polar surface area (TPSA) is 78.9 Å². The van der Waals surface area contributed by atoms with E-state index in [1.54, 1.807) is 12.4 Å². The van der Waals surface area contributed by atoms with Crippen molar-refractivity contribution in [1.82, 2.24) is 15.3 Å². The number of carbonyl (C=O) groups excluding carboxylic acids is 1. The van der Waals surface area contributed by atoms with Crippen molar-refractivity contribution in [2.75, 3.05) is 17.2 Å². The number of allylic oxidation sites excluding steroid dienone is 2. The van der Waals surface area contributed by atoms with Crippen LogP contribution >= 0.6 is 0 Å². The Hall–Kier alpha value is -2.37. The Morgan fingerprint density at radius 3 is 2.75 bits per heavy atom. The zero-order chi connectivity index (χ0) is 14.1. The van der Waals surface area contributed by atoms with Crippen LogP contribution in [0.4, 0.5) is 11.6 Å². The number of hydrogen-bond donors (Lipinski definition) is 3. The van der Waals surface area contributed by atoms with Gasteiger partial charge >= 0.3 is 0 Å². The molecule has 1 atom stereocenters. The molecule has 6 heteroatoms. The van der Waals surface area contributed by atoms with Crippen LogP contribution in [0.2, 0.25) is 0 Å². The molecule has 0 fully saturated rings. The number of carbonyl (C=O) groups is 1. The van der Waals surface area contributed by atoms with Gasteiger partial charge in [-0.1, -0.05) is 6.92 Å². The fourth-order valence-corrected chi connectivity index (χ4v) is 2.53. The molecule has 0 saturated heterocycles. The Bertz CT molecular complexity index is 620. The maximum atomic E-state index is 11.0. The molecule has 0 spiro atoms.